The minimum absolute atomic E-state index is 0.187. The zero-order chi connectivity index (χ0) is 11.1. The topological polar surface area (TPSA) is 95.7 Å². The summed E-state index contributed by atoms with van der Waals surface area (Å²) in [6.07, 6.45) is -0.245. The van der Waals surface area contributed by atoms with Gasteiger partial charge in [-0.2, -0.15) is 0 Å². The largest absolute Gasteiger partial charge is 0.392 e. The van der Waals surface area contributed by atoms with Crippen LogP contribution in [0.4, 0.5) is 4.79 Å². The fourth-order valence-electron chi connectivity index (χ4n) is 1.03. The maximum Gasteiger partial charge on any atom is 0.318 e. The Morgan fingerprint density at radius 3 is 2.57 bits per heavy atom. The van der Waals surface area contributed by atoms with Crippen LogP contribution >= 0.6 is 0 Å². The maximum absolute atomic E-state index is 10.9. The van der Waals surface area contributed by atoms with Gasteiger partial charge in [-0.3, -0.25) is 10.1 Å². The summed E-state index contributed by atoms with van der Waals surface area (Å²) in [5, 5.41) is 11.0. The third kappa shape index (κ3) is 7.51. The normalized spacial score (nSPS) is 12.6. The molecule has 0 aliphatic heterocycles. The summed E-state index contributed by atoms with van der Waals surface area (Å²) in [5.41, 5.74) is 4.76. The SMILES string of the molecule is CC(O)CN(C)CCC(=O)NC(N)=O. The van der Waals surface area contributed by atoms with Gasteiger partial charge in [-0.15, -0.1) is 0 Å². The van der Waals surface area contributed by atoms with Crippen LogP contribution in [0.1, 0.15) is 13.3 Å². The summed E-state index contributed by atoms with van der Waals surface area (Å²) in [7, 11) is 1.78. The monoisotopic (exact) mass is 203 g/mol. The Morgan fingerprint density at radius 2 is 2.14 bits per heavy atom. The molecule has 14 heavy (non-hydrogen) atoms. The predicted molar refractivity (Wildman–Crippen MR) is 51.5 cm³/mol. The highest BCUT2D eigenvalue weighted by molar-refractivity contribution is 5.93. The molecule has 0 aromatic carbocycles. The van der Waals surface area contributed by atoms with E-state index in [1.165, 1.54) is 0 Å². The van der Waals surface area contributed by atoms with Crippen LogP contribution < -0.4 is 11.1 Å². The summed E-state index contributed by atoms with van der Waals surface area (Å²) in [6.45, 7) is 2.63. The number of primary amides is 1. The molecule has 0 saturated carbocycles. The van der Waals surface area contributed by atoms with Crippen LogP contribution in [0.15, 0.2) is 0 Å². The van der Waals surface area contributed by atoms with Crippen molar-refractivity contribution in [1.82, 2.24) is 10.2 Å². The number of imide groups is 1. The highest BCUT2D eigenvalue weighted by atomic mass is 16.3. The second kappa shape index (κ2) is 6.33. The van der Waals surface area contributed by atoms with E-state index in [0.29, 0.717) is 13.1 Å². The van der Waals surface area contributed by atoms with Gasteiger partial charge >= 0.3 is 6.03 Å². The highest BCUT2D eigenvalue weighted by Crippen LogP contribution is 1.90. The van der Waals surface area contributed by atoms with Crippen LogP contribution in [0.3, 0.4) is 0 Å². The molecule has 0 radical (unpaired) electrons. The average Bonchev–Trinajstić information content (AvgIpc) is 1.98. The average molecular weight is 203 g/mol. The van der Waals surface area contributed by atoms with Crippen LogP contribution in [0.2, 0.25) is 0 Å². The van der Waals surface area contributed by atoms with Gasteiger partial charge in [0.15, 0.2) is 0 Å². The third-order valence-corrected chi connectivity index (χ3v) is 1.56. The van der Waals surface area contributed by atoms with E-state index in [1.807, 2.05) is 5.32 Å². The number of aliphatic hydroxyl groups excluding tert-OH is 1. The lowest BCUT2D eigenvalue weighted by atomic mass is 10.3. The first-order valence-corrected chi connectivity index (χ1v) is 4.37. The van der Waals surface area contributed by atoms with Crippen LogP contribution in [-0.4, -0.2) is 48.2 Å². The molecule has 1 atom stereocenters. The molecule has 0 heterocycles. The summed E-state index contributed by atoms with van der Waals surface area (Å²) < 4.78 is 0. The Labute approximate surface area is 83.1 Å². The molecule has 82 valence electrons. The zero-order valence-electron chi connectivity index (χ0n) is 8.49. The first kappa shape index (κ1) is 12.9. The molecule has 0 spiro atoms. The third-order valence-electron chi connectivity index (χ3n) is 1.56. The predicted octanol–water partition coefficient (Wildman–Crippen LogP) is -1.12. The highest BCUT2D eigenvalue weighted by Gasteiger charge is 2.07. The quantitative estimate of drug-likeness (QED) is 0.527. The fraction of sp³-hybridized carbons (Fsp3) is 0.750. The molecule has 0 bridgehead atoms. The zero-order valence-corrected chi connectivity index (χ0v) is 8.49. The number of nitrogens with two attached hydrogens (primary N) is 1. The molecule has 0 saturated heterocycles. The van der Waals surface area contributed by atoms with Gasteiger partial charge in [0.2, 0.25) is 5.91 Å². The Balaban J connectivity index is 3.61. The lowest BCUT2D eigenvalue weighted by Crippen LogP contribution is -2.37. The lowest BCUT2D eigenvalue weighted by molar-refractivity contribution is -0.120. The number of hydrogen-bond donors (Lipinski definition) is 3. The van der Waals surface area contributed by atoms with Gasteiger partial charge in [0.25, 0.3) is 0 Å². The lowest BCUT2D eigenvalue weighted by Gasteiger charge is -2.17. The van der Waals surface area contributed by atoms with Crippen LogP contribution in [-0.2, 0) is 4.79 Å². The Kier molecular flexibility index (Phi) is 5.82. The molecule has 6 heteroatoms. The number of aliphatic hydroxyl groups is 1. The van der Waals surface area contributed by atoms with Gasteiger partial charge in [0.1, 0.15) is 0 Å². The van der Waals surface area contributed by atoms with Crippen molar-refractivity contribution < 1.29 is 14.7 Å². The number of nitrogens with one attached hydrogen (secondary N) is 1. The van der Waals surface area contributed by atoms with E-state index in [0.717, 1.165) is 0 Å². The molecule has 0 aromatic heterocycles. The van der Waals surface area contributed by atoms with E-state index in [4.69, 9.17) is 10.8 Å². The van der Waals surface area contributed by atoms with Crippen molar-refractivity contribution in [2.24, 2.45) is 5.73 Å². The molecule has 1 unspecified atom stereocenters. The van der Waals surface area contributed by atoms with Crippen molar-refractivity contribution in [1.29, 1.82) is 0 Å². The number of nitrogens with zero attached hydrogens (tertiary/aromatic N) is 1. The van der Waals surface area contributed by atoms with Crippen LogP contribution in [0.25, 0.3) is 0 Å². The van der Waals surface area contributed by atoms with Gasteiger partial charge in [-0.05, 0) is 14.0 Å². The van der Waals surface area contributed by atoms with Crippen molar-refractivity contribution in [3.63, 3.8) is 0 Å². The second-order valence-electron chi connectivity index (χ2n) is 3.27. The molecule has 0 aromatic rings. The Morgan fingerprint density at radius 1 is 1.57 bits per heavy atom. The molecule has 0 fully saturated rings. The second-order valence-corrected chi connectivity index (χ2v) is 3.27. The molecule has 3 amide bonds. The standard InChI is InChI=1S/C8H17N3O3/c1-6(12)5-11(2)4-3-7(13)10-8(9)14/h6,12H,3-5H2,1-2H3,(H3,9,10,13,14). The summed E-state index contributed by atoms with van der Waals surface area (Å²) >= 11 is 0. The number of likely N-dealkylation sites (N-methyl/N-ethyl adjacent to an activating group) is 1. The maximum atomic E-state index is 10.9. The molecular weight excluding hydrogens is 186 g/mol. The number of rotatable bonds is 5. The van der Waals surface area contributed by atoms with Crippen molar-refractivity contribution in [2.45, 2.75) is 19.4 Å². The minimum Gasteiger partial charge on any atom is -0.392 e. The van der Waals surface area contributed by atoms with E-state index in [1.54, 1.807) is 18.9 Å². The number of carbonyl (C=O) groups excluding carboxylic acids is 2. The van der Waals surface area contributed by atoms with Gasteiger partial charge < -0.3 is 15.7 Å². The molecule has 0 aliphatic rings. The molecule has 0 rings (SSSR count). The van der Waals surface area contributed by atoms with E-state index >= 15 is 0 Å². The Hall–Kier alpha value is -1.14. The van der Waals surface area contributed by atoms with Crippen molar-refractivity contribution in [2.75, 3.05) is 20.1 Å². The minimum atomic E-state index is -0.840. The van der Waals surface area contributed by atoms with Gasteiger partial charge in [-0.1, -0.05) is 0 Å². The Bertz CT molecular complexity index is 206. The summed E-state index contributed by atoms with van der Waals surface area (Å²) in [4.78, 5) is 23.0. The molecule has 0 aliphatic carbocycles. The molecular formula is C8H17N3O3. The van der Waals surface area contributed by atoms with E-state index in [9.17, 15) is 9.59 Å². The fourth-order valence-corrected chi connectivity index (χ4v) is 1.03. The number of urea groups is 1. The first-order chi connectivity index (χ1) is 6.41. The first-order valence-electron chi connectivity index (χ1n) is 4.37. The molecule has 6 nitrogen and oxygen atoms in total. The van der Waals surface area contributed by atoms with Gasteiger partial charge in [0, 0.05) is 19.5 Å². The summed E-state index contributed by atoms with van der Waals surface area (Å²) in [5.74, 6) is -0.407. The number of amides is 3. The van der Waals surface area contributed by atoms with E-state index in [-0.39, 0.29) is 6.42 Å². The van der Waals surface area contributed by atoms with Crippen molar-refractivity contribution >= 4 is 11.9 Å². The van der Waals surface area contributed by atoms with Gasteiger partial charge in [-0.25, -0.2) is 4.79 Å². The van der Waals surface area contributed by atoms with E-state index < -0.39 is 18.0 Å². The number of carbonyl (C=O) groups is 2. The molecule has 4 N–H and O–H groups in total. The van der Waals surface area contributed by atoms with Crippen LogP contribution in [0, 0.1) is 0 Å². The van der Waals surface area contributed by atoms with Crippen LogP contribution in [0.5, 0.6) is 0 Å². The smallest absolute Gasteiger partial charge is 0.318 e. The van der Waals surface area contributed by atoms with Crippen molar-refractivity contribution in [3.05, 3.63) is 0 Å². The number of hydrogen-bond acceptors (Lipinski definition) is 4. The van der Waals surface area contributed by atoms with Crippen molar-refractivity contribution in [3.8, 4) is 0 Å². The van der Waals surface area contributed by atoms with E-state index in [2.05, 4.69) is 0 Å². The summed E-state index contributed by atoms with van der Waals surface area (Å²) in [6, 6.07) is -0.840. The van der Waals surface area contributed by atoms with Gasteiger partial charge in [0.05, 0.1) is 6.10 Å².